The number of hydrogen-bond donors (Lipinski definition) is 2. The fourth-order valence-electron chi connectivity index (χ4n) is 2.85. The van der Waals surface area contributed by atoms with Gasteiger partial charge in [-0.1, -0.05) is 6.92 Å². The Morgan fingerprint density at radius 3 is 2.35 bits per heavy atom. The largest absolute Gasteiger partial charge is 0.368 e. The van der Waals surface area contributed by atoms with Crippen molar-refractivity contribution in [1.29, 1.82) is 0 Å². The van der Waals surface area contributed by atoms with Crippen molar-refractivity contribution in [1.82, 2.24) is 15.3 Å². The first-order valence-corrected chi connectivity index (χ1v) is 7.47. The number of hydrogen-bond acceptors (Lipinski definition) is 6. The molecule has 2 aliphatic rings. The molecule has 2 fully saturated rings. The first kappa shape index (κ1) is 13.4. The van der Waals surface area contributed by atoms with E-state index in [1.54, 1.807) is 0 Å². The molecule has 0 bridgehead atoms. The fourth-order valence-corrected chi connectivity index (χ4v) is 2.85. The third-order valence-electron chi connectivity index (χ3n) is 4.44. The van der Waals surface area contributed by atoms with Crippen LogP contribution in [0.3, 0.4) is 0 Å². The highest BCUT2D eigenvalue weighted by Gasteiger charge is 2.27. The lowest BCUT2D eigenvalue weighted by Gasteiger charge is -2.40. The molecule has 0 spiro atoms. The van der Waals surface area contributed by atoms with Crippen LogP contribution >= 0.6 is 0 Å². The van der Waals surface area contributed by atoms with Gasteiger partial charge < -0.3 is 20.9 Å². The van der Waals surface area contributed by atoms with Gasteiger partial charge in [0.25, 0.3) is 0 Å². The molecule has 3 N–H and O–H groups in total. The van der Waals surface area contributed by atoms with Crippen LogP contribution in [0, 0.1) is 5.92 Å². The summed E-state index contributed by atoms with van der Waals surface area (Å²) in [4.78, 5) is 13.4. The molecule has 3 heterocycles. The molecule has 2 saturated heterocycles. The maximum Gasteiger partial charge on any atom is 0.223 e. The monoisotopic (exact) mass is 276 g/mol. The zero-order chi connectivity index (χ0) is 14.1. The van der Waals surface area contributed by atoms with E-state index in [2.05, 4.69) is 38.1 Å². The lowest BCUT2D eigenvalue weighted by molar-refractivity contribution is 0.435. The highest BCUT2D eigenvalue weighted by atomic mass is 15.3. The number of nitrogens with one attached hydrogen (secondary N) is 1. The van der Waals surface area contributed by atoms with Crippen LogP contribution in [0.5, 0.6) is 0 Å². The van der Waals surface area contributed by atoms with E-state index in [0.29, 0.717) is 12.0 Å². The maximum absolute atomic E-state index is 5.89. The van der Waals surface area contributed by atoms with E-state index in [0.717, 1.165) is 43.7 Å². The molecule has 20 heavy (non-hydrogen) atoms. The zero-order valence-corrected chi connectivity index (χ0v) is 12.3. The van der Waals surface area contributed by atoms with Gasteiger partial charge in [0.05, 0.1) is 0 Å². The van der Waals surface area contributed by atoms with Crippen molar-refractivity contribution < 1.29 is 0 Å². The van der Waals surface area contributed by atoms with Gasteiger partial charge >= 0.3 is 0 Å². The molecule has 3 rings (SSSR count). The fraction of sp³-hybridized carbons (Fsp3) is 0.714. The van der Waals surface area contributed by atoms with E-state index in [4.69, 9.17) is 5.73 Å². The first-order chi connectivity index (χ1) is 9.65. The van der Waals surface area contributed by atoms with Crippen molar-refractivity contribution in [3.05, 3.63) is 6.07 Å². The summed E-state index contributed by atoms with van der Waals surface area (Å²) in [6, 6.07) is 2.64. The van der Waals surface area contributed by atoms with E-state index in [1.165, 1.54) is 12.8 Å². The summed E-state index contributed by atoms with van der Waals surface area (Å²) in [5, 5.41) is 3.27. The normalized spacial score (nSPS) is 21.1. The Kier molecular flexibility index (Phi) is 3.65. The Morgan fingerprint density at radius 1 is 1.15 bits per heavy atom. The Labute approximate surface area is 120 Å². The van der Waals surface area contributed by atoms with Crippen LogP contribution in [0.4, 0.5) is 17.6 Å². The Morgan fingerprint density at radius 2 is 1.75 bits per heavy atom. The number of rotatable bonds is 3. The minimum Gasteiger partial charge on any atom is -0.368 e. The number of likely N-dealkylation sites (N-methyl/N-ethyl adjacent to an activating group) is 1. The molecule has 1 aromatic heterocycles. The molecule has 1 aromatic rings. The summed E-state index contributed by atoms with van der Waals surface area (Å²) in [7, 11) is 2.00. The zero-order valence-electron chi connectivity index (χ0n) is 12.3. The van der Waals surface area contributed by atoms with E-state index >= 15 is 0 Å². The molecule has 0 aromatic carbocycles. The van der Waals surface area contributed by atoms with Gasteiger partial charge in [0.1, 0.15) is 11.6 Å². The van der Waals surface area contributed by atoms with Crippen LogP contribution in [0.2, 0.25) is 0 Å². The third kappa shape index (κ3) is 2.65. The van der Waals surface area contributed by atoms with Crippen LogP contribution in [0.25, 0.3) is 0 Å². The van der Waals surface area contributed by atoms with Gasteiger partial charge in [0.2, 0.25) is 5.95 Å². The standard InChI is InChI=1S/C14H24N6/c1-10-3-5-19(6-4-10)12-7-13(18-14(15)17-12)20-8-11(9-20)16-2/h7,10-11,16H,3-6,8-9H2,1-2H3,(H2,15,17,18). The highest BCUT2D eigenvalue weighted by Crippen LogP contribution is 2.26. The molecular weight excluding hydrogens is 252 g/mol. The summed E-state index contributed by atoms with van der Waals surface area (Å²) in [6.45, 7) is 6.42. The average molecular weight is 276 g/mol. The minimum absolute atomic E-state index is 0.379. The summed E-state index contributed by atoms with van der Waals surface area (Å²) < 4.78 is 0. The van der Waals surface area contributed by atoms with Gasteiger partial charge in [-0.3, -0.25) is 0 Å². The smallest absolute Gasteiger partial charge is 0.223 e. The average Bonchev–Trinajstić information content (AvgIpc) is 2.37. The van der Waals surface area contributed by atoms with Gasteiger partial charge in [-0.05, 0) is 25.8 Å². The van der Waals surface area contributed by atoms with Crippen molar-refractivity contribution in [2.45, 2.75) is 25.8 Å². The summed E-state index contributed by atoms with van der Waals surface area (Å²) in [5.41, 5.74) is 5.89. The maximum atomic E-state index is 5.89. The Bertz CT molecular complexity index is 463. The van der Waals surface area contributed by atoms with Gasteiger partial charge in [0.15, 0.2) is 0 Å². The van der Waals surface area contributed by atoms with E-state index in [-0.39, 0.29) is 0 Å². The molecule has 2 aliphatic heterocycles. The lowest BCUT2D eigenvalue weighted by atomic mass is 9.99. The van der Waals surface area contributed by atoms with Crippen LogP contribution in [-0.2, 0) is 0 Å². The van der Waals surface area contributed by atoms with Gasteiger partial charge in [-0.25, -0.2) is 0 Å². The number of anilines is 3. The van der Waals surface area contributed by atoms with E-state index < -0.39 is 0 Å². The van der Waals surface area contributed by atoms with Crippen molar-refractivity contribution in [3.63, 3.8) is 0 Å². The first-order valence-electron chi connectivity index (χ1n) is 7.47. The predicted octanol–water partition coefficient (Wildman–Crippen LogP) is 0.703. The number of aromatic nitrogens is 2. The van der Waals surface area contributed by atoms with E-state index in [1.807, 2.05) is 7.05 Å². The lowest BCUT2D eigenvalue weighted by Crippen LogP contribution is -2.57. The molecule has 0 unspecified atom stereocenters. The van der Waals surface area contributed by atoms with Gasteiger partial charge in [-0.15, -0.1) is 0 Å². The molecule has 0 saturated carbocycles. The molecular formula is C14H24N6. The van der Waals surface area contributed by atoms with Gasteiger partial charge in [0, 0.05) is 38.3 Å². The highest BCUT2D eigenvalue weighted by molar-refractivity contribution is 5.55. The number of nitrogen functional groups attached to an aromatic ring is 1. The quantitative estimate of drug-likeness (QED) is 0.847. The summed E-state index contributed by atoms with van der Waals surface area (Å²) in [6.07, 6.45) is 2.45. The predicted molar refractivity (Wildman–Crippen MR) is 82.1 cm³/mol. The Hall–Kier alpha value is -1.56. The number of piperidine rings is 1. The molecule has 6 nitrogen and oxygen atoms in total. The van der Waals surface area contributed by atoms with Crippen molar-refractivity contribution in [2.75, 3.05) is 48.8 Å². The number of nitrogens with two attached hydrogens (primary N) is 1. The van der Waals surface area contributed by atoms with Crippen molar-refractivity contribution in [3.8, 4) is 0 Å². The van der Waals surface area contributed by atoms with Crippen LogP contribution in [0.15, 0.2) is 6.07 Å². The third-order valence-corrected chi connectivity index (χ3v) is 4.44. The SMILES string of the molecule is CNC1CN(c2cc(N3CCC(C)CC3)nc(N)n2)C1. The Balaban J connectivity index is 1.73. The summed E-state index contributed by atoms with van der Waals surface area (Å²) >= 11 is 0. The van der Waals surface area contributed by atoms with Gasteiger partial charge in [-0.2, -0.15) is 9.97 Å². The molecule has 0 atom stereocenters. The minimum atomic E-state index is 0.379. The summed E-state index contributed by atoms with van der Waals surface area (Å²) in [5.74, 6) is 3.13. The van der Waals surface area contributed by atoms with Crippen LogP contribution in [-0.4, -0.2) is 49.2 Å². The number of nitrogens with zero attached hydrogens (tertiary/aromatic N) is 4. The second-order valence-electron chi connectivity index (χ2n) is 6.00. The van der Waals surface area contributed by atoms with Crippen molar-refractivity contribution in [2.24, 2.45) is 5.92 Å². The molecule has 6 heteroatoms. The van der Waals surface area contributed by atoms with Crippen molar-refractivity contribution >= 4 is 17.6 Å². The second-order valence-corrected chi connectivity index (χ2v) is 6.00. The van der Waals surface area contributed by atoms with E-state index in [9.17, 15) is 0 Å². The molecule has 0 amide bonds. The second kappa shape index (κ2) is 5.44. The molecule has 0 aliphatic carbocycles. The molecule has 110 valence electrons. The topological polar surface area (TPSA) is 70.3 Å². The van der Waals surface area contributed by atoms with Crippen LogP contribution < -0.4 is 20.9 Å². The molecule has 0 radical (unpaired) electrons. The van der Waals surface area contributed by atoms with Crippen LogP contribution in [0.1, 0.15) is 19.8 Å².